The average Bonchev–Trinajstić information content (AvgIpc) is 2.66. The molecule has 1 heterocycles. The van der Waals surface area contributed by atoms with E-state index in [1.807, 2.05) is 38.1 Å². The minimum absolute atomic E-state index is 0.0590. The highest BCUT2D eigenvalue weighted by molar-refractivity contribution is 5.81. The van der Waals surface area contributed by atoms with Crippen molar-refractivity contribution in [2.75, 3.05) is 53.6 Å². The van der Waals surface area contributed by atoms with Crippen molar-refractivity contribution in [3.05, 3.63) is 29.8 Å². The van der Waals surface area contributed by atoms with Crippen LogP contribution in [0, 0.1) is 0 Å². The molecule has 1 aromatic rings. The van der Waals surface area contributed by atoms with Gasteiger partial charge >= 0.3 is 0 Å². The summed E-state index contributed by atoms with van der Waals surface area (Å²) in [4.78, 5) is 17.3. The fourth-order valence-corrected chi connectivity index (χ4v) is 3.20. The van der Waals surface area contributed by atoms with Gasteiger partial charge in [0.25, 0.3) is 0 Å². The van der Waals surface area contributed by atoms with Crippen molar-refractivity contribution in [3.63, 3.8) is 0 Å². The van der Waals surface area contributed by atoms with Gasteiger partial charge in [-0.1, -0.05) is 18.2 Å². The van der Waals surface area contributed by atoms with E-state index < -0.39 is 0 Å². The molecule has 1 saturated heterocycles. The first-order valence-corrected chi connectivity index (χ1v) is 8.95. The highest BCUT2D eigenvalue weighted by Gasteiger charge is 2.26. The molecule has 1 aliphatic heterocycles. The van der Waals surface area contributed by atoms with Crippen LogP contribution in [0.25, 0.3) is 0 Å². The Labute approximate surface area is 151 Å². The highest BCUT2D eigenvalue weighted by atomic mass is 16.5. The summed E-state index contributed by atoms with van der Waals surface area (Å²) in [5.74, 6) is 0.860. The van der Waals surface area contributed by atoms with Gasteiger partial charge in [-0.25, -0.2) is 0 Å². The molecule has 1 aliphatic rings. The summed E-state index contributed by atoms with van der Waals surface area (Å²) in [5.41, 5.74) is 0.995. The number of hydrogen-bond acceptors (Lipinski definition) is 5. The van der Waals surface area contributed by atoms with Crippen LogP contribution in [0.15, 0.2) is 24.3 Å². The van der Waals surface area contributed by atoms with Gasteiger partial charge < -0.3 is 14.8 Å². The standard InChI is InChI=1S/C19H31N3O3/c1-15(17-7-5-6-8-18(17)25-4)20-19(23)16(2)22-11-9-21(10-12-22)13-14-24-3/h5-8,15-16H,9-14H2,1-4H3,(H,20,23). The molecule has 140 valence electrons. The molecule has 25 heavy (non-hydrogen) atoms. The van der Waals surface area contributed by atoms with Gasteiger partial charge in [-0.2, -0.15) is 0 Å². The predicted octanol–water partition coefficient (Wildman–Crippen LogP) is 1.52. The molecule has 6 nitrogen and oxygen atoms in total. The number of carbonyl (C=O) groups excluding carboxylic acids is 1. The predicted molar refractivity (Wildman–Crippen MR) is 98.9 cm³/mol. The van der Waals surface area contributed by atoms with Crippen molar-refractivity contribution in [3.8, 4) is 5.75 Å². The molecule has 1 amide bonds. The Balaban J connectivity index is 1.86. The molecule has 0 radical (unpaired) electrons. The monoisotopic (exact) mass is 349 g/mol. The van der Waals surface area contributed by atoms with Gasteiger partial charge in [-0.05, 0) is 19.9 Å². The number of hydrogen-bond donors (Lipinski definition) is 1. The van der Waals surface area contributed by atoms with E-state index in [-0.39, 0.29) is 18.0 Å². The van der Waals surface area contributed by atoms with E-state index in [1.165, 1.54) is 0 Å². The quantitative estimate of drug-likeness (QED) is 0.771. The van der Waals surface area contributed by atoms with Gasteiger partial charge in [0.15, 0.2) is 0 Å². The lowest BCUT2D eigenvalue weighted by molar-refractivity contribution is -0.127. The van der Waals surface area contributed by atoms with E-state index in [2.05, 4.69) is 15.1 Å². The van der Waals surface area contributed by atoms with Crippen LogP contribution in [0.3, 0.4) is 0 Å². The lowest BCUT2D eigenvalue weighted by Crippen LogP contribution is -2.54. The first kappa shape index (κ1) is 19.7. The topological polar surface area (TPSA) is 54.0 Å². The fraction of sp³-hybridized carbons (Fsp3) is 0.632. The third kappa shape index (κ3) is 5.42. The molecule has 0 aliphatic carbocycles. The van der Waals surface area contributed by atoms with Gasteiger partial charge in [0, 0.05) is 45.4 Å². The number of ether oxygens (including phenoxy) is 2. The minimum Gasteiger partial charge on any atom is -0.496 e. The van der Waals surface area contributed by atoms with E-state index in [4.69, 9.17) is 9.47 Å². The molecule has 1 aromatic carbocycles. The van der Waals surface area contributed by atoms with Crippen LogP contribution >= 0.6 is 0 Å². The Hall–Kier alpha value is -1.63. The third-order valence-electron chi connectivity index (χ3n) is 4.91. The number of benzene rings is 1. The Morgan fingerprint density at radius 1 is 1.16 bits per heavy atom. The Kier molecular flexibility index (Phi) is 7.68. The van der Waals surface area contributed by atoms with Crippen LogP contribution in [0.4, 0.5) is 0 Å². The van der Waals surface area contributed by atoms with Crippen molar-refractivity contribution in [2.24, 2.45) is 0 Å². The van der Waals surface area contributed by atoms with E-state index >= 15 is 0 Å². The summed E-state index contributed by atoms with van der Waals surface area (Å²) in [6.07, 6.45) is 0. The molecule has 2 atom stereocenters. The second-order valence-electron chi connectivity index (χ2n) is 6.52. The van der Waals surface area contributed by atoms with Crippen LogP contribution in [0.2, 0.25) is 0 Å². The number of rotatable bonds is 8. The SMILES string of the molecule is COCCN1CCN(C(C)C(=O)NC(C)c2ccccc2OC)CC1. The lowest BCUT2D eigenvalue weighted by atomic mass is 10.1. The maximum absolute atomic E-state index is 12.7. The molecule has 1 fully saturated rings. The van der Waals surface area contributed by atoms with Crippen molar-refractivity contribution in [1.29, 1.82) is 0 Å². The summed E-state index contributed by atoms with van der Waals surface area (Å²) >= 11 is 0. The molecule has 0 spiro atoms. The molecule has 2 rings (SSSR count). The maximum atomic E-state index is 12.7. The molecule has 0 aromatic heterocycles. The zero-order chi connectivity index (χ0) is 18.2. The largest absolute Gasteiger partial charge is 0.496 e. The second-order valence-corrected chi connectivity index (χ2v) is 6.52. The third-order valence-corrected chi connectivity index (χ3v) is 4.91. The Bertz CT molecular complexity index is 544. The molecular formula is C19H31N3O3. The number of nitrogens with zero attached hydrogens (tertiary/aromatic N) is 2. The first-order valence-electron chi connectivity index (χ1n) is 8.95. The molecule has 0 bridgehead atoms. The van der Waals surface area contributed by atoms with Gasteiger partial charge in [0.2, 0.25) is 5.91 Å². The fourth-order valence-electron chi connectivity index (χ4n) is 3.20. The zero-order valence-electron chi connectivity index (χ0n) is 15.8. The van der Waals surface area contributed by atoms with E-state index in [9.17, 15) is 4.79 Å². The van der Waals surface area contributed by atoms with Crippen LogP contribution in [0.1, 0.15) is 25.5 Å². The summed E-state index contributed by atoms with van der Waals surface area (Å²) in [7, 11) is 3.38. The summed E-state index contributed by atoms with van der Waals surface area (Å²) in [5, 5.41) is 3.12. The maximum Gasteiger partial charge on any atom is 0.237 e. The van der Waals surface area contributed by atoms with Gasteiger partial charge in [-0.15, -0.1) is 0 Å². The Morgan fingerprint density at radius 2 is 1.84 bits per heavy atom. The highest BCUT2D eigenvalue weighted by Crippen LogP contribution is 2.24. The Morgan fingerprint density at radius 3 is 2.48 bits per heavy atom. The van der Waals surface area contributed by atoms with E-state index in [0.717, 1.165) is 50.6 Å². The van der Waals surface area contributed by atoms with Crippen molar-refractivity contribution in [1.82, 2.24) is 15.1 Å². The molecule has 0 saturated carbocycles. The summed E-state index contributed by atoms with van der Waals surface area (Å²) in [6, 6.07) is 7.57. The number of carbonyl (C=O) groups is 1. The molecule has 2 unspecified atom stereocenters. The number of nitrogens with one attached hydrogen (secondary N) is 1. The average molecular weight is 349 g/mol. The molecule has 6 heteroatoms. The van der Waals surface area contributed by atoms with Crippen LogP contribution < -0.4 is 10.1 Å². The second kappa shape index (κ2) is 9.75. The summed E-state index contributed by atoms with van der Waals surface area (Å²) in [6.45, 7) is 9.44. The lowest BCUT2D eigenvalue weighted by Gasteiger charge is -2.37. The van der Waals surface area contributed by atoms with Crippen molar-refractivity contribution >= 4 is 5.91 Å². The normalized spacial score (nSPS) is 18.6. The minimum atomic E-state index is -0.137. The molecule has 1 N–H and O–H groups in total. The van der Waals surface area contributed by atoms with Crippen LogP contribution in [0.5, 0.6) is 5.75 Å². The summed E-state index contributed by atoms with van der Waals surface area (Å²) < 4.78 is 10.5. The van der Waals surface area contributed by atoms with Crippen molar-refractivity contribution < 1.29 is 14.3 Å². The van der Waals surface area contributed by atoms with Gasteiger partial charge in [0.1, 0.15) is 5.75 Å². The van der Waals surface area contributed by atoms with Gasteiger partial charge in [-0.3, -0.25) is 14.6 Å². The first-order chi connectivity index (χ1) is 12.1. The van der Waals surface area contributed by atoms with E-state index in [1.54, 1.807) is 14.2 Å². The number of methoxy groups -OCH3 is 2. The zero-order valence-corrected chi connectivity index (χ0v) is 15.8. The molecular weight excluding hydrogens is 318 g/mol. The van der Waals surface area contributed by atoms with Crippen molar-refractivity contribution in [2.45, 2.75) is 25.9 Å². The van der Waals surface area contributed by atoms with Crippen LogP contribution in [-0.2, 0) is 9.53 Å². The van der Waals surface area contributed by atoms with Crippen LogP contribution in [-0.4, -0.2) is 75.3 Å². The van der Waals surface area contributed by atoms with E-state index in [0.29, 0.717) is 0 Å². The van der Waals surface area contributed by atoms with Gasteiger partial charge in [0.05, 0.1) is 25.8 Å². The number of piperazine rings is 1. The smallest absolute Gasteiger partial charge is 0.237 e. The number of para-hydroxylation sites is 1. The number of amides is 1.